The Labute approximate surface area is 199 Å². The maximum absolute atomic E-state index is 13.0. The molecule has 5 N–H and O–H groups in total. The fourth-order valence-electron chi connectivity index (χ4n) is 4.21. The van der Waals surface area contributed by atoms with Crippen molar-refractivity contribution in [1.29, 1.82) is 0 Å². The second-order valence-corrected chi connectivity index (χ2v) is 8.82. The summed E-state index contributed by atoms with van der Waals surface area (Å²) in [5.74, 6) is -0.700. The highest BCUT2D eigenvalue weighted by Crippen LogP contribution is 2.41. The molecule has 1 saturated heterocycles. The monoisotopic (exact) mass is 499 g/mol. The van der Waals surface area contributed by atoms with Crippen LogP contribution in [0.5, 0.6) is 0 Å². The number of alkyl halides is 3. The molecule has 0 saturated carbocycles. The number of amides is 1. The first-order chi connectivity index (χ1) is 16.1. The number of nitrogens with one attached hydrogen (secondary N) is 2. The van der Waals surface area contributed by atoms with E-state index < -0.39 is 40.7 Å². The van der Waals surface area contributed by atoms with E-state index in [1.54, 1.807) is 18.2 Å². The summed E-state index contributed by atoms with van der Waals surface area (Å²) in [6.07, 6.45) is -3.13. The predicted molar refractivity (Wildman–Crippen MR) is 121 cm³/mol. The molecule has 2 heterocycles. The Morgan fingerprint density at radius 2 is 1.91 bits per heavy atom. The van der Waals surface area contributed by atoms with Crippen LogP contribution in [-0.2, 0) is 20.4 Å². The second kappa shape index (κ2) is 9.61. The number of primary amides is 1. The molecule has 0 spiro atoms. The van der Waals surface area contributed by atoms with Crippen molar-refractivity contribution in [2.75, 3.05) is 23.8 Å². The summed E-state index contributed by atoms with van der Waals surface area (Å²) in [6.45, 7) is 0.229. The molecule has 1 amide bonds. The molecule has 4 rings (SSSR count). The van der Waals surface area contributed by atoms with Crippen molar-refractivity contribution in [3.63, 3.8) is 0 Å². The molecule has 0 radical (unpaired) electrons. The van der Waals surface area contributed by atoms with Crippen molar-refractivity contribution >= 4 is 28.9 Å². The zero-order valence-corrected chi connectivity index (χ0v) is 18.9. The van der Waals surface area contributed by atoms with Gasteiger partial charge in [0.15, 0.2) is 12.0 Å². The van der Waals surface area contributed by atoms with Gasteiger partial charge in [-0.05, 0) is 54.7 Å². The highest BCUT2D eigenvalue weighted by atomic mass is 35.5. The lowest BCUT2D eigenvalue weighted by atomic mass is 10.0. The van der Waals surface area contributed by atoms with Crippen LogP contribution in [0.25, 0.3) is 11.1 Å². The van der Waals surface area contributed by atoms with E-state index in [0.717, 1.165) is 18.9 Å². The number of halogens is 4. The molecule has 0 bridgehead atoms. The topological polar surface area (TPSA) is 106 Å². The summed E-state index contributed by atoms with van der Waals surface area (Å²) in [5.41, 5.74) is 5.55. The Bertz CT molecular complexity index is 1060. The first-order valence-electron chi connectivity index (χ1n) is 10.9. The van der Waals surface area contributed by atoms with Gasteiger partial charge in [-0.3, -0.25) is 4.79 Å². The molecule has 2 unspecified atom stereocenters. The first kappa shape index (κ1) is 24.6. The Morgan fingerprint density at radius 1 is 1.21 bits per heavy atom. The summed E-state index contributed by atoms with van der Waals surface area (Å²) in [5, 5.41) is 15.6. The van der Waals surface area contributed by atoms with Gasteiger partial charge in [-0.15, -0.1) is 0 Å². The van der Waals surface area contributed by atoms with Crippen LogP contribution in [0, 0.1) is 0 Å². The molecule has 34 heavy (non-hydrogen) atoms. The van der Waals surface area contributed by atoms with Gasteiger partial charge in [0.2, 0.25) is 0 Å². The fraction of sp³-hybridized carbons (Fsp3) is 0.435. The van der Waals surface area contributed by atoms with Crippen LogP contribution >= 0.6 is 11.6 Å². The van der Waals surface area contributed by atoms with Gasteiger partial charge in [0.05, 0.1) is 34.7 Å². The average Bonchev–Trinajstić information content (AvgIpc) is 3.17. The van der Waals surface area contributed by atoms with Crippen LogP contribution < -0.4 is 16.4 Å². The molecule has 7 nitrogen and oxygen atoms in total. The number of fused-ring (bicyclic) bond motifs is 1. The smallest absolute Gasteiger partial charge is 0.394 e. The van der Waals surface area contributed by atoms with Gasteiger partial charge in [-0.25, -0.2) is 0 Å². The van der Waals surface area contributed by atoms with Gasteiger partial charge in [0.25, 0.3) is 5.91 Å². The summed E-state index contributed by atoms with van der Waals surface area (Å²) >= 11 is 5.86. The van der Waals surface area contributed by atoms with E-state index in [1.807, 2.05) is 0 Å². The SMILES string of the molecule is NC(=O)C1(C[C@@H](CO)OC2CCCCO2)Nc2ccc(-c3ccc(C(F)(F)F)c(Cl)c3)cc2N1. The van der Waals surface area contributed by atoms with Gasteiger partial charge < -0.3 is 30.9 Å². The lowest BCUT2D eigenvalue weighted by Gasteiger charge is -2.33. The highest BCUT2D eigenvalue weighted by molar-refractivity contribution is 6.31. The predicted octanol–water partition coefficient (Wildman–Crippen LogP) is 4.34. The number of carbonyl (C=O) groups excluding carboxylic acids is 1. The van der Waals surface area contributed by atoms with Gasteiger partial charge in [0.1, 0.15) is 0 Å². The lowest BCUT2D eigenvalue weighted by Crippen LogP contribution is -2.56. The maximum Gasteiger partial charge on any atom is 0.417 e. The molecular weight excluding hydrogens is 475 g/mol. The Kier molecular flexibility index (Phi) is 6.95. The van der Waals surface area contributed by atoms with Crippen LogP contribution in [0.4, 0.5) is 24.5 Å². The first-order valence-corrected chi connectivity index (χ1v) is 11.2. The molecule has 1 fully saturated rings. The van der Waals surface area contributed by atoms with Gasteiger partial charge in [-0.1, -0.05) is 23.7 Å². The van der Waals surface area contributed by atoms with Crippen molar-refractivity contribution in [3.05, 3.63) is 47.0 Å². The molecule has 2 aromatic rings. The minimum Gasteiger partial charge on any atom is -0.394 e. The highest BCUT2D eigenvalue weighted by Gasteiger charge is 2.44. The van der Waals surface area contributed by atoms with E-state index in [9.17, 15) is 23.1 Å². The molecule has 2 aromatic carbocycles. The molecular formula is C23H25ClF3N3O4. The third-order valence-electron chi connectivity index (χ3n) is 5.96. The number of aliphatic hydroxyl groups excluding tert-OH is 1. The molecule has 11 heteroatoms. The number of ether oxygens (including phenoxy) is 2. The van der Waals surface area contributed by atoms with Crippen molar-refractivity contribution in [3.8, 4) is 11.1 Å². The minimum atomic E-state index is -4.55. The van der Waals surface area contributed by atoms with E-state index in [0.29, 0.717) is 35.5 Å². The number of rotatable bonds is 7. The van der Waals surface area contributed by atoms with E-state index in [4.69, 9.17) is 26.8 Å². The molecule has 3 atom stereocenters. The van der Waals surface area contributed by atoms with Gasteiger partial charge in [-0.2, -0.15) is 13.2 Å². The van der Waals surface area contributed by atoms with E-state index in [1.165, 1.54) is 12.1 Å². The Balaban J connectivity index is 1.55. The van der Waals surface area contributed by atoms with E-state index in [-0.39, 0.29) is 13.0 Å². The van der Waals surface area contributed by atoms with Crippen LogP contribution in [0.1, 0.15) is 31.2 Å². The minimum absolute atomic E-state index is 0.0226. The van der Waals surface area contributed by atoms with Gasteiger partial charge in [0, 0.05) is 13.0 Å². The maximum atomic E-state index is 13.0. The molecule has 2 aliphatic heterocycles. The Hall–Kier alpha value is -2.53. The number of nitrogens with two attached hydrogens (primary N) is 1. The zero-order valence-electron chi connectivity index (χ0n) is 18.1. The van der Waals surface area contributed by atoms with Gasteiger partial charge >= 0.3 is 6.18 Å². The van der Waals surface area contributed by atoms with Crippen LogP contribution in [0.3, 0.4) is 0 Å². The standard InChI is InChI=1S/C23H25ClF3N3O4/c24-17-9-13(4-6-16(17)23(25,26)27)14-5-7-18-19(10-14)30-22(29-18,21(28)32)11-15(12-31)34-20-3-1-2-8-33-20/h4-7,9-10,15,20,29-31H,1-3,8,11-12H2,(H2,28,32)/t15-,20?,22?/m0/s1. The quantitative estimate of drug-likeness (QED) is 0.451. The van der Waals surface area contributed by atoms with Crippen molar-refractivity contribution in [2.24, 2.45) is 5.73 Å². The lowest BCUT2D eigenvalue weighted by molar-refractivity contribution is -0.197. The third kappa shape index (κ3) is 5.10. The summed E-state index contributed by atoms with van der Waals surface area (Å²) in [6, 6.07) is 8.58. The Morgan fingerprint density at radius 3 is 2.53 bits per heavy atom. The molecule has 2 aliphatic rings. The van der Waals surface area contributed by atoms with Crippen LogP contribution in [0.2, 0.25) is 5.02 Å². The molecule has 184 valence electrons. The average molecular weight is 500 g/mol. The fourth-order valence-corrected chi connectivity index (χ4v) is 4.50. The summed E-state index contributed by atoms with van der Waals surface area (Å²) in [7, 11) is 0. The number of carbonyl (C=O) groups is 1. The van der Waals surface area contributed by atoms with E-state index >= 15 is 0 Å². The number of aliphatic hydroxyl groups is 1. The molecule has 0 aliphatic carbocycles. The third-order valence-corrected chi connectivity index (χ3v) is 6.28. The number of hydrogen-bond acceptors (Lipinski definition) is 6. The summed E-state index contributed by atoms with van der Waals surface area (Å²) in [4.78, 5) is 12.5. The van der Waals surface area contributed by atoms with Crippen molar-refractivity contribution in [1.82, 2.24) is 0 Å². The number of hydrogen-bond donors (Lipinski definition) is 4. The van der Waals surface area contributed by atoms with Crippen molar-refractivity contribution in [2.45, 2.75) is 49.9 Å². The zero-order chi connectivity index (χ0) is 24.5. The largest absolute Gasteiger partial charge is 0.417 e. The number of benzene rings is 2. The van der Waals surface area contributed by atoms with E-state index in [2.05, 4.69) is 10.6 Å². The van der Waals surface area contributed by atoms with Crippen LogP contribution in [0.15, 0.2) is 36.4 Å². The van der Waals surface area contributed by atoms with Crippen molar-refractivity contribution < 1.29 is 32.5 Å². The molecule has 0 aromatic heterocycles. The normalized spacial score (nSPS) is 23.0. The summed E-state index contributed by atoms with van der Waals surface area (Å²) < 4.78 is 50.5. The number of anilines is 2. The second-order valence-electron chi connectivity index (χ2n) is 8.41. The van der Waals surface area contributed by atoms with Crippen LogP contribution in [-0.4, -0.2) is 42.3 Å².